The molecule has 1 aromatic carbocycles. The van der Waals surface area contributed by atoms with Crippen molar-refractivity contribution >= 4 is 0 Å². The Balaban J connectivity index is 2.49. The molecule has 0 aliphatic carbocycles. The van der Waals surface area contributed by atoms with E-state index in [2.05, 4.69) is 21.7 Å². The van der Waals surface area contributed by atoms with Crippen LogP contribution < -0.4 is 5.73 Å². The maximum absolute atomic E-state index is 5.57. The molecular weight excluding hydrogens is 198 g/mol. The molecule has 2 aromatic rings. The second kappa shape index (κ2) is 4.49. The highest BCUT2D eigenvalue weighted by Crippen LogP contribution is 2.23. The standard InChI is InChI=1S/C13H17N3/c1-10-13(11-6-4-3-5-7-11)16(2)12(15-10)8-9-14/h3-7H,8-9,14H2,1-2H3. The minimum atomic E-state index is 0.637. The predicted octanol–water partition coefficient (Wildman–Crippen LogP) is 1.90. The second-order valence-corrected chi connectivity index (χ2v) is 3.93. The average molecular weight is 215 g/mol. The normalized spacial score (nSPS) is 10.7. The van der Waals surface area contributed by atoms with Crippen molar-refractivity contribution in [3.8, 4) is 11.3 Å². The van der Waals surface area contributed by atoms with E-state index >= 15 is 0 Å². The van der Waals surface area contributed by atoms with Gasteiger partial charge in [-0.1, -0.05) is 30.3 Å². The predicted molar refractivity (Wildman–Crippen MR) is 66.1 cm³/mol. The molecule has 1 heterocycles. The SMILES string of the molecule is Cc1nc(CCN)n(C)c1-c1ccccc1. The Morgan fingerprint density at radius 1 is 1.25 bits per heavy atom. The number of hydrogen-bond acceptors (Lipinski definition) is 2. The van der Waals surface area contributed by atoms with E-state index in [9.17, 15) is 0 Å². The molecule has 16 heavy (non-hydrogen) atoms. The first kappa shape index (κ1) is 10.9. The molecule has 0 fully saturated rings. The van der Waals surface area contributed by atoms with Crippen molar-refractivity contribution in [1.82, 2.24) is 9.55 Å². The first-order valence-corrected chi connectivity index (χ1v) is 5.51. The van der Waals surface area contributed by atoms with Crippen LogP contribution in [0.25, 0.3) is 11.3 Å². The molecule has 0 amide bonds. The van der Waals surface area contributed by atoms with Crippen LogP contribution in [-0.4, -0.2) is 16.1 Å². The molecule has 0 radical (unpaired) electrons. The first-order valence-electron chi connectivity index (χ1n) is 5.51. The fourth-order valence-electron chi connectivity index (χ4n) is 2.04. The Hall–Kier alpha value is -1.61. The molecule has 0 aliphatic heterocycles. The summed E-state index contributed by atoms with van der Waals surface area (Å²) in [5, 5.41) is 0. The van der Waals surface area contributed by atoms with Crippen molar-refractivity contribution in [3.63, 3.8) is 0 Å². The maximum atomic E-state index is 5.57. The van der Waals surface area contributed by atoms with Crippen molar-refractivity contribution in [3.05, 3.63) is 41.9 Å². The molecule has 0 unspecified atom stereocenters. The van der Waals surface area contributed by atoms with Crippen LogP contribution in [0.15, 0.2) is 30.3 Å². The number of nitrogens with two attached hydrogens (primary N) is 1. The Morgan fingerprint density at radius 3 is 2.56 bits per heavy atom. The zero-order valence-electron chi connectivity index (χ0n) is 9.77. The van der Waals surface area contributed by atoms with Crippen LogP contribution in [-0.2, 0) is 13.5 Å². The molecule has 3 nitrogen and oxygen atoms in total. The Bertz CT molecular complexity index is 471. The number of rotatable bonds is 3. The fraction of sp³-hybridized carbons (Fsp3) is 0.308. The number of aryl methyl sites for hydroxylation is 1. The fourth-order valence-corrected chi connectivity index (χ4v) is 2.04. The third-order valence-electron chi connectivity index (χ3n) is 2.78. The first-order chi connectivity index (χ1) is 7.74. The summed E-state index contributed by atoms with van der Waals surface area (Å²) in [6, 6.07) is 10.3. The lowest BCUT2D eigenvalue weighted by Crippen LogP contribution is -2.08. The van der Waals surface area contributed by atoms with Gasteiger partial charge in [-0.05, 0) is 13.5 Å². The van der Waals surface area contributed by atoms with Gasteiger partial charge in [-0.15, -0.1) is 0 Å². The lowest BCUT2D eigenvalue weighted by atomic mass is 10.1. The van der Waals surface area contributed by atoms with E-state index in [1.165, 1.54) is 11.3 Å². The van der Waals surface area contributed by atoms with Gasteiger partial charge in [0.05, 0.1) is 11.4 Å². The van der Waals surface area contributed by atoms with Crippen molar-refractivity contribution in [2.24, 2.45) is 12.8 Å². The largest absolute Gasteiger partial charge is 0.331 e. The van der Waals surface area contributed by atoms with Gasteiger partial charge in [0, 0.05) is 19.0 Å². The van der Waals surface area contributed by atoms with Gasteiger partial charge in [0.2, 0.25) is 0 Å². The summed E-state index contributed by atoms with van der Waals surface area (Å²) in [4.78, 5) is 4.56. The summed E-state index contributed by atoms with van der Waals surface area (Å²) in [6.45, 7) is 2.68. The van der Waals surface area contributed by atoms with Gasteiger partial charge >= 0.3 is 0 Å². The molecule has 84 valence electrons. The van der Waals surface area contributed by atoms with Crippen molar-refractivity contribution < 1.29 is 0 Å². The van der Waals surface area contributed by atoms with E-state index < -0.39 is 0 Å². The van der Waals surface area contributed by atoms with Gasteiger partial charge < -0.3 is 10.3 Å². The number of aromatic nitrogens is 2. The van der Waals surface area contributed by atoms with Crippen LogP contribution in [0.1, 0.15) is 11.5 Å². The second-order valence-electron chi connectivity index (χ2n) is 3.93. The van der Waals surface area contributed by atoms with E-state index in [4.69, 9.17) is 5.73 Å². The van der Waals surface area contributed by atoms with Gasteiger partial charge in [-0.3, -0.25) is 0 Å². The topological polar surface area (TPSA) is 43.8 Å². The molecule has 0 bridgehead atoms. The average Bonchev–Trinajstić information content (AvgIpc) is 2.56. The molecule has 0 spiro atoms. The number of hydrogen-bond donors (Lipinski definition) is 1. The van der Waals surface area contributed by atoms with Gasteiger partial charge in [0.1, 0.15) is 5.82 Å². The van der Waals surface area contributed by atoms with E-state index in [0.717, 1.165) is 17.9 Å². The van der Waals surface area contributed by atoms with Crippen LogP contribution in [0.2, 0.25) is 0 Å². The molecule has 0 atom stereocenters. The van der Waals surface area contributed by atoms with Crippen LogP contribution >= 0.6 is 0 Å². The Labute approximate surface area is 95.9 Å². The van der Waals surface area contributed by atoms with Gasteiger partial charge in [0.15, 0.2) is 0 Å². The molecular formula is C13H17N3. The van der Waals surface area contributed by atoms with Gasteiger partial charge in [0.25, 0.3) is 0 Å². The summed E-state index contributed by atoms with van der Waals surface area (Å²) in [5.41, 5.74) is 9.03. The van der Waals surface area contributed by atoms with Crippen LogP contribution in [0.5, 0.6) is 0 Å². The molecule has 2 N–H and O–H groups in total. The summed E-state index contributed by atoms with van der Waals surface area (Å²) in [7, 11) is 2.05. The van der Waals surface area contributed by atoms with Crippen LogP contribution in [0, 0.1) is 6.92 Å². The quantitative estimate of drug-likeness (QED) is 0.849. The number of imidazole rings is 1. The lowest BCUT2D eigenvalue weighted by Gasteiger charge is -2.05. The number of nitrogens with zero attached hydrogens (tertiary/aromatic N) is 2. The summed E-state index contributed by atoms with van der Waals surface area (Å²) < 4.78 is 2.14. The lowest BCUT2D eigenvalue weighted by molar-refractivity contribution is 0.782. The maximum Gasteiger partial charge on any atom is 0.110 e. The highest BCUT2D eigenvalue weighted by molar-refractivity contribution is 5.62. The molecule has 1 aromatic heterocycles. The summed E-state index contributed by atoms with van der Waals surface area (Å²) in [6.07, 6.45) is 0.824. The molecule has 0 saturated carbocycles. The van der Waals surface area contributed by atoms with Crippen LogP contribution in [0.4, 0.5) is 0 Å². The van der Waals surface area contributed by atoms with Crippen molar-refractivity contribution in [2.45, 2.75) is 13.3 Å². The molecule has 3 heteroatoms. The van der Waals surface area contributed by atoms with E-state index in [0.29, 0.717) is 6.54 Å². The zero-order chi connectivity index (χ0) is 11.5. The summed E-state index contributed by atoms with van der Waals surface area (Å²) >= 11 is 0. The minimum Gasteiger partial charge on any atom is -0.331 e. The molecule has 0 saturated heterocycles. The Morgan fingerprint density at radius 2 is 1.94 bits per heavy atom. The minimum absolute atomic E-state index is 0.637. The third kappa shape index (κ3) is 1.86. The van der Waals surface area contributed by atoms with Gasteiger partial charge in [-0.2, -0.15) is 0 Å². The molecule has 2 rings (SSSR count). The van der Waals surface area contributed by atoms with Crippen molar-refractivity contribution in [1.29, 1.82) is 0 Å². The highest BCUT2D eigenvalue weighted by Gasteiger charge is 2.11. The highest BCUT2D eigenvalue weighted by atomic mass is 15.1. The number of benzene rings is 1. The Kier molecular flexibility index (Phi) is 3.06. The zero-order valence-corrected chi connectivity index (χ0v) is 9.77. The summed E-state index contributed by atoms with van der Waals surface area (Å²) in [5.74, 6) is 1.05. The van der Waals surface area contributed by atoms with Crippen LogP contribution in [0.3, 0.4) is 0 Å². The van der Waals surface area contributed by atoms with E-state index in [-0.39, 0.29) is 0 Å². The monoisotopic (exact) mass is 215 g/mol. The molecule has 0 aliphatic rings. The third-order valence-corrected chi connectivity index (χ3v) is 2.78. The van der Waals surface area contributed by atoms with E-state index in [1.807, 2.05) is 32.2 Å². The van der Waals surface area contributed by atoms with Gasteiger partial charge in [-0.25, -0.2) is 4.98 Å². The van der Waals surface area contributed by atoms with E-state index in [1.54, 1.807) is 0 Å². The smallest absolute Gasteiger partial charge is 0.110 e. The van der Waals surface area contributed by atoms with Crippen molar-refractivity contribution in [2.75, 3.05) is 6.54 Å².